The fraction of sp³-hybridized carbons (Fsp3) is 0.217. The van der Waals surface area contributed by atoms with Crippen molar-refractivity contribution < 1.29 is 4.79 Å². The number of amides is 1. The maximum atomic E-state index is 13.1. The first-order valence-electron chi connectivity index (χ1n) is 9.21. The Bertz CT molecular complexity index is 863. The molecule has 4 heteroatoms. The summed E-state index contributed by atoms with van der Waals surface area (Å²) in [6.45, 7) is 5.34. The summed E-state index contributed by atoms with van der Waals surface area (Å²) < 4.78 is 0. The normalized spacial score (nSPS) is 10.6. The first kappa shape index (κ1) is 18.6. The SMILES string of the molecule is CC(C)N(Cc1ccccc1)C(=O)c1cncc(NCc2ccccc2)c1. The van der Waals surface area contributed by atoms with E-state index < -0.39 is 0 Å². The molecule has 0 radical (unpaired) electrons. The lowest BCUT2D eigenvalue weighted by Gasteiger charge is -2.27. The predicted octanol–water partition coefficient (Wildman–Crippen LogP) is 4.74. The van der Waals surface area contributed by atoms with Crippen molar-refractivity contribution in [2.45, 2.75) is 33.0 Å². The predicted molar refractivity (Wildman–Crippen MR) is 109 cm³/mol. The van der Waals surface area contributed by atoms with Gasteiger partial charge < -0.3 is 10.2 Å². The lowest BCUT2D eigenvalue weighted by molar-refractivity contribution is 0.0690. The first-order valence-corrected chi connectivity index (χ1v) is 9.21. The molecule has 0 aliphatic carbocycles. The molecule has 3 aromatic rings. The summed E-state index contributed by atoms with van der Waals surface area (Å²) >= 11 is 0. The number of rotatable bonds is 7. The smallest absolute Gasteiger partial charge is 0.256 e. The molecule has 3 rings (SSSR count). The minimum Gasteiger partial charge on any atom is -0.380 e. The number of anilines is 1. The Kier molecular flexibility index (Phi) is 6.21. The molecule has 0 saturated carbocycles. The van der Waals surface area contributed by atoms with Crippen LogP contribution in [0.3, 0.4) is 0 Å². The maximum absolute atomic E-state index is 13.1. The lowest BCUT2D eigenvalue weighted by Crippen LogP contribution is -2.36. The van der Waals surface area contributed by atoms with Crippen LogP contribution in [-0.4, -0.2) is 21.8 Å². The van der Waals surface area contributed by atoms with Crippen LogP contribution in [0.4, 0.5) is 5.69 Å². The van der Waals surface area contributed by atoms with Crippen LogP contribution in [0.25, 0.3) is 0 Å². The van der Waals surface area contributed by atoms with E-state index in [9.17, 15) is 4.79 Å². The van der Waals surface area contributed by atoms with E-state index in [-0.39, 0.29) is 11.9 Å². The van der Waals surface area contributed by atoms with Gasteiger partial charge in [-0.2, -0.15) is 0 Å². The van der Waals surface area contributed by atoms with Crippen LogP contribution >= 0.6 is 0 Å². The molecule has 0 bridgehead atoms. The van der Waals surface area contributed by atoms with Crippen molar-refractivity contribution in [2.75, 3.05) is 5.32 Å². The van der Waals surface area contributed by atoms with E-state index in [2.05, 4.69) is 22.4 Å². The van der Waals surface area contributed by atoms with Gasteiger partial charge in [-0.05, 0) is 31.0 Å². The molecule has 4 nitrogen and oxygen atoms in total. The Balaban J connectivity index is 1.72. The van der Waals surface area contributed by atoms with E-state index in [1.54, 1.807) is 12.4 Å². The number of carbonyl (C=O) groups is 1. The number of nitrogens with zero attached hydrogens (tertiary/aromatic N) is 2. The highest BCUT2D eigenvalue weighted by Gasteiger charge is 2.19. The van der Waals surface area contributed by atoms with Crippen molar-refractivity contribution in [3.8, 4) is 0 Å². The summed E-state index contributed by atoms with van der Waals surface area (Å²) in [4.78, 5) is 19.2. The van der Waals surface area contributed by atoms with E-state index in [0.29, 0.717) is 18.7 Å². The van der Waals surface area contributed by atoms with Gasteiger partial charge in [-0.3, -0.25) is 9.78 Å². The fourth-order valence-electron chi connectivity index (χ4n) is 2.89. The number of hydrogen-bond acceptors (Lipinski definition) is 3. The van der Waals surface area contributed by atoms with Crippen molar-refractivity contribution in [1.82, 2.24) is 9.88 Å². The van der Waals surface area contributed by atoms with Crippen molar-refractivity contribution in [3.05, 3.63) is 95.8 Å². The third-order valence-corrected chi connectivity index (χ3v) is 4.40. The molecule has 1 amide bonds. The topological polar surface area (TPSA) is 45.2 Å². The standard InChI is InChI=1S/C23H25N3O/c1-18(2)26(17-20-11-7-4-8-12-20)23(27)21-13-22(16-24-15-21)25-14-19-9-5-3-6-10-19/h3-13,15-16,18,25H,14,17H2,1-2H3. The third-order valence-electron chi connectivity index (χ3n) is 4.40. The number of nitrogens with one attached hydrogen (secondary N) is 1. The van der Waals surface area contributed by atoms with Crippen LogP contribution < -0.4 is 5.32 Å². The van der Waals surface area contributed by atoms with Crippen molar-refractivity contribution in [1.29, 1.82) is 0 Å². The Morgan fingerprint density at radius 3 is 2.22 bits per heavy atom. The fourth-order valence-corrected chi connectivity index (χ4v) is 2.89. The van der Waals surface area contributed by atoms with Crippen molar-refractivity contribution in [3.63, 3.8) is 0 Å². The quantitative estimate of drug-likeness (QED) is 0.662. The van der Waals surface area contributed by atoms with Gasteiger partial charge in [0.1, 0.15) is 0 Å². The summed E-state index contributed by atoms with van der Waals surface area (Å²) in [6, 6.07) is 22.2. The summed E-state index contributed by atoms with van der Waals surface area (Å²) in [5, 5.41) is 3.34. The molecule has 1 heterocycles. The van der Waals surface area contributed by atoms with Crippen molar-refractivity contribution in [2.24, 2.45) is 0 Å². The number of benzene rings is 2. The zero-order valence-corrected chi connectivity index (χ0v) is 15.8. The van der Waals surface area contributed by atoms with Gasteiger partial charge in [-0.25, -0.2) is 0 Å². The molecule has 2 aromatic carbocycles. The Labute approximate surface area is 160 Å². The van der Waals surface area contributed by atoms with Gasteiger partial charge >= 0.3 is 0 Å². The first-order chi connectivity index (χ1) is 13.1. The van der Waals surface area contributed by atoms with Crippen LogP contribution in [0.1, 0.15) is 35.3 Å². The molecule has 1 aromatic heterocycles. The molecule has 0 spiro atoms. The van der Waals surface area contributed by atoms with E-state index in [0.717, 1.165) is 11.3 Å². The number of carbonyl (C=O) groups excluding carboxylic acids is 1. The maximum Gasteiger partial charge on any atom is 0.256 e. The summed E-state index contributed by atoms with van der Waals surface area (Å²) in [5.74, 6) is -0.00952. The average molecular weight is 359 g/mol. The molecule has 0 saturated heterocycles. The highest BCUT2D eigenvalue weighted by molar-refractivity contribution is 5.94. The number of hydrogen-bond donors (Lipinski definition) is 1. The molecule has 0 fully saturated rings. The molecule has 0 unspecified atom stereocenters. The second kappa shape index (κ2) is 8.99. The van der Waals surface area contributed by atoms with Crippen LogP contribution in [0.15, 0.2) is 79.1 Å². The second-order valence-corrected chi connectivity index (χ2v) is 6.81. The summed E-state index contributed by atoms with van der Waals surface area (Å²) in [6.07, 6.45) is 3.38. The van der Waals surface area contributed by atoms with Crippen LogP contribution in [0.2, 0.25) is 0 Å². The van der Waals surface area contributed by atoms with E-state index in [1.165, 1.54) is 5.56 Å². The summed E-state index contributed by atoms with van der Waals surface area (Å²) in [7, 11) is 0. The summed E-state index contributed by atoms with van der Waals surface area (Å²) in [5.41, 5.74) is 3.73. The monoisotopic (exact) mass is 359 g/mol. The van der Waals surface area contributed by atoms with Crippen LogP contribution in [-0.2, 0) is 13.1 Å². The highest BCUT2D eigenvalue weighted by Crippen LogP contribution is 2.16. The Morgan fingerprint density at radius 1 is 0.963 bits per heavy atom. The minimum atomic E-state index is -0.00952. The zero-order valence-electron chi connectivity index (χ0n) is 15.8. The van der Waals surface area contributed by atoms with Gasteiger partial charge in [0.25, 0.3) is 5.91 Å². The number of aromatic nitrogens is 1. The van der Waals surface area contributed by atoms with Gasteiger partial charge in [0.15, 0.2) is 0 Å². The zero-order chi connectivity index (χ0) is 19.1. The lowest BCUT2D eigenvalue weighted by atomic mass is 10.1. The van der Waals surface area contributed by atoms with Gasteiger partial charge in [-0.1, -0.05) is 60.7 Å². The van der Waals surface area contributed by atoms with E-state index in [4.69, 9.17) is 0 Å². The average Bonchev–Trinajstić information content (AvgIpc) is 2.71. The van der Waals surface area contributed by atoms with Gasteiger partial charge in [0.2, 0.25) is 0 Å². The van der Waals surface area contributed by atoms with E-state index >= 15 is 0 Å². The molecular formula is C23H25N3O. The largest absolute Gasteiger partial charge is 0.380 e. The second-order valence-electron chi connectivity index (χ2n) is 6.81. The third kappa shape index (κ3) is 5.17. The molecule has 0 atom stereocenters. The van der Waals surface area contributed by atoms with Crippen LogP contribution in [0, 0.1) is 0 Å². The Hall–Kier alpha value is -3.14. The number of pyridine rings is 1. The van der Waals surface area contributed by atoms with Crippen LogP contribution in [0.5, 0.6) is 0 Å². The Morgan fingerprint density at radius 2 is 1.59 bits per heavy atom. The molecule has 27 heavy (non-hydrogen) atoms. The molecule has 138 valence electrons. The highest BCUT2D eigenvalue weighted by atomic mass is 16.2. The van der Waals surface area contributed by atoms with E-state index in [1.807, 2.05) is 73.3 Å². The molecule has 1 N–H and O–H groups in total. The molecular weight excluding hydrogens is 334 g/mol. The molecule has 0 aliphatic heterocycles. The molecule has 0 aliphatic rings. The van der Waals surface area contributed by atoms with Gasteiger partial charge in [0.05, 0.1) is 11.3 Å². The van der Waals surface area contributed by atoms with Gasteiger partial charge in [-0.15, -0.1) is 0 Å². The van der Waals surface area contributed by atoms with Crippen molar-refractivity contribution >= 4 is 11.6 Å². The van der Waals surface area contributed by atoms with Gasteiger partial charge in [0, 0.05) is 31.5 Å². The minimum absolute atomic E-state index is 0.00952.